The Kier molecular flexibility index (Phi) is 5.32. The molecule has 84 valence electrons. The third-order valence-electron chi connectivity index (χ3n) is 2.16. The van der Waals surface area contributed by atoms with Crippen LogP contribution in [-0.4, -0.2) is 23.1 Å². The van der Waals surface area contributed by atoms with Gasteiger partial charge in [0.1, 0.15) is 5.82 Å². The Hall–Kier alpha value is -0.350. The van der Waals surface area contributed by atoms with Gasteiger partial charge in [-0.1, -0.05) is 13.3 Å². The molecule has 0 aromatic carbocycles. The summed E-state index contributed by atoms with van der Waals surface area (Å²) >= 11 is 9.22. The molecule has 0 radical (unpaired) electrons. The summed E-state index contributed by atoms with van der Waals surface area (Å²) in [6.07, 6.45) is 4.02. The van der Waals surface area contributed by atoms with E-state index in [4.69, 9.17) is 11.6 Å². The lowest BCUT2D eigenvalue weighted by molar-refractivity contribution is 0.721. The van der Waals surface area contributed by atoms with Crippen LogP contribution in [0.2, 0.25) is 5.28 Å². The lowest BCUT2D eigenvalue weighted by Crippen LogP contribution is -2.25. The largest absolute Gasteiger partial charge is 0.356 e. The van der Waals surface area contributed by atoms with Gasteiger partial charge in [0.2, 0.25) is 5.28 Å². The highest BCUT2D eigenvalue weighted by Crippen LogP contribution is 2.24. The first kappa shape index (κ1) is 12.7. The molecule has 5 heteroatoms. The maximum Gasteiger partial charge on any atom is 0.224 e. The molecule has 0 fully saturated rings. The minimum absolute atomic E-state index is 0.295. The summed E-state index contributed by atoms with van der Waals surface area (Å²) in [6, 6.07) is 0. The zero-order valence-electron chi connectivity index (χ0n) is 9.00. The summed E-state index contributed by atoms with van der Waals surface area (Å²) in [6.45, 7) is 6.21. The van der Waals surface area contributed by atoms with E-state index >= 15 is 0 Å². The van der Waals surface area contributed by atoms with E-state index in [1.807, 2.05) is 0 Å². The minimum atomic E-state index is 0.295. The van der Waals surface area contributed by atoms with Crippen LogP contribution >= 0.6 is 27.5 Å². The molecule has 0 N–H and O–H groups in total. The minimum Gasteiger partial charge on any atom is -0.356 e. The van der Waals surface area contributed by atoms with Crippen molar-refractivity contribution in [3.05, 3.63) is 16.0 Å². The smallest absolute Gasteiger partial charge is 0.224 e. The molecule has 1 aromatic heterocycles. The summed E-state index contributed by atoms with van der Waals surface area (Å²) in [4.78, 5) is 10.3. The van der Waals surface area contributed by atoms with Crippen molar-refractivity contribution in [1.29, 1.82) is 0 Å². The molecule has 1 rings (SSSR count). The highest BCUT2D eigenvalue weighted by Gasteiger charge is 2.10. The summed E-state index contributed by atoms with van der Waals surface area (Å²) in [5.74, 6) is 0.881. The summed E-state index contributed by atoms with van der Waals surface area (Å²) in [5.41, 5.74) is 0. The van der Waals surface area contributed by atoms with E-state index in [0.29, 0.717) is 5.28 Å². The topological polar surface area (TPSA) is 29.0 Å². The number of rotatable bonds is 5. The predicted octanol–water partition coefficient (Wildman–Crippen LogP) is 3.52. The van der Waals surface area contributed by atoms with E-state index in [1.54, 1.807) is 6.20 Å². The fourth-order valence-electron chi connectivity index (χ4n) is 1.32. The highest BCUT2D eigenvalue weighted by molar-refractivity contribution is 9.10. The summed E-state index contributed by atoms with van der Waals surface area (Å²) in [7, 11) is 0. The molecule has 0 bridgehead atoms. The summed E-state index contributed by atoms with van der Waals surface area (Å²) < 4.78 is 0.893. The number of halogens is 2. The van der Waals surface area contributed by atoms with Gasteiger partial charge in [0.25, 0.3) is 0 Å². The van der Waals surface area contributed by atoms with Gasteiger partial charge >= 0.3 is 0 Å². The second-order valence-electron chi connectivity index (χ2n) is 3.24. The Morgan fingerprint density at radius 1 is 1.47 bits per heavy atom. The van der Waals surface area contributed by atoms with Crippen molar-refractivity contribution >= 4 is 33.3 Å². The van der Waals surface area contributed by atoms with E-state index in [1.165, 1.54) is 6.42 Å². The zero-order chi connectivity index (χ0) is 11.3. The van der Waals surface area contributed by atoms with Gasteiger partial charge in [-0.15, -0.1) is 0 Å². The number of hydrogen-bond acceptors (Lipinski definition) is 3. The van der Waals surface area contributed by atoms with E-state index in [-0.39, 0.29) is 0 Å². The first-order valence-corrected chi connectivity index (χ1v) is 6.29. The third-order valence-corrected chi connectivity index (χ3v) is 2.90. The second kappa shape index (κ2) is 6.28. The number of hydrogen-bond donors (Lipinski definition) is 0. The van der Waals surface area contributed by atoms with Crippen LogP contribution in [0, 0.1) is 0 Å². The Balaban J connectivity index is 2.85. The van der Waals surface area contributed by atoms with Crippen LogP contribution in [0.4, 0.5) is 5.82 Å². The first-order chi connectivity index (χ1) is 7.19. The highest BCUT2D eigenvalue weighted by atomic mass is 79.9. The number of anilines is 1. The third kappa shape index (κ3) is 3.61. The number of aromatic nitrogens is 2. The predicted molar refractivity (Wildman–Crippen MR) is 67.5 cm³/mol. The van der Waals surface area contributed by atoms with Crippen LogP contribution < -0.4 is 4.90 Å². The number of unbranched alkanes of at least 4 members (excludes halogenated alkanes) is 1. The van der Waals surface area contributed by atoms with Gasteiger partial charge in [0.05, 0.1) is 4.47 Å². The van der Waals surface area contributed by atoms with Crippen molar-refractivity contribution in [3.8, 4) is 0 Å². The standard InChI is InChI=1S/C10H15BrClN3/c1-3-5-6-15(4-2)9-8(11)7-13-10(12)14-9/h7H,3-6H2,1-2H3. The van der Waals surface area contributed by atoms with E-state index in [0.717, 1.165) is 29.8 Å². The van der Waals surface area contributed by atoms with Crippen LogP contribution in [0.1, 0.15) is 26.7 Å². The van der Waals surface area contributed by atoms with Crippen LogP contribution in [0.25, 0.3) is 0 Å². The van der Waals surface area contributed by atoms with E-state index in [2.05, 4.69) is 44.6 Å². The Morgan fingerprint density at radius 3 is 2.80 bits per heavy atom. The van der Waals surface area contributed by atoms with Crippen LogP contribution in [0.5, 0.6) is 0 Å². The van der Waals surface area contributed by atoms with Crippen molar-refractivity contribution < 1.29 is 0 Å². The normalized spacial score (nSPS) is 10.4. The van der Waals surface area contributed by atoms with Crippen molar-refractivity contribution in [3.63, 3.8) is 0 Å². The maximum atomic E-state index is 5.78. The molecule has 1 aromatic rings. The zero-order valence-corrected chi connectivity index (χ0v) is 11.3. The fraction of sp³-hybridized carbons (Fsp3) is 0.600. The molecule has 0 aliphatic rings. The molecule has 0 unspecified atom stereocenters. The Morgan fingerprint density at radius 2 is 2.20 bits per heavy atom. The molecule has 0 saturated carbocycles. The van der Waals surface area contributed by atoms with Gasteiger partial charge in [-0.25, -0.2) is 4.98 Å². The molecular formula is C10H15BrClN3. The summed E-state index contributed by atoms with van der Waals surface area (Å²) in [5, 5.41) is 0.295. The fourth-order valence-corrected chi connectivity index (χ4v) is 1.89. The van der Waals surface area contributed by atoms with Gasteiger partial charge in [0.15, 0.2) is 0 Å². The molecule has 0 saturated heterocycles. The van der Waals surface area contributed by atoms with Gasteiger partial charge in [-0.05, 0) is 40.9 Å². The lowest BCUT2D eigenvalue weighted by atomic mass is 10.3. The Bertz CT molecular complexity index is 320. The monoisotopic (exact) mass is 291 g/mol. The van der Waals surface area contributed by atoms with E-state index in [9.17, 15) is 0 Å². The Labute approximate surface area is 104 Å². The van der Waals surface area contributed by atoms with Crippen LogP contribution in [0.15, 0.2) is 10.7 Å². The quantitative estimate of drug-likeness (QED) is 0.778. The van der Waals surface area contributed by atoms with Crippen molar-refractivity contribution in [1.82, 2.24) is 9.97 Å². The molecule has 0 spiro atoms. The molecule has 0 aliphatic heterocycles. The van der Waals surface area contributed by atoms with Crippen molar-refractivity contribution in [2.24, 2.45) is 0 Å². The van der Waals surface area contributed by atoms with Crippen LogP contribution in [-0.2, 0) is 0 Å². The first-order valence-electron chi connectivity index (χ1n) is 5.12. The molecule has 3 nitrogen and oxygen atoms in total. The molecule has 0 aliphatic carbocycles. The van der Waals surface area contributed by atoms with Gasteiger partial charge in [-0.3, -0.25) is 0 Å². The molecule has 0 atom stereocenters. The van der Waals surface area contributed by atoms with Gasteiger partial charge in [-0.2, -0.15) is 4.98 Å². The van der Waals surface area contributed by atoms with Crippen molar-refractivity contribution in [2.75, 3.05) is 18.0 Å². The molecular weight excluding hydrogens is 277 g/mol. The molecule has 15 heavy (non-hydrogen) atoms. The number of nitrogens with zero attached hydrogens (tertiary/aromatic N) is 3. The molecule has 1 heterocycles. The second-order valence-corrected chi connectivity index (χ2v) is 4.44. The van der Waals surface area contributed by atoms with Crippen molar-refractivity contribution in [2.45, 2.75) is 26.7 Å². The van der Waals surface area contributed by atoms with Gasteiger partial charge in [0, 0.05) is 19.3 Å². The average molecular weight is 293 g/mol. The maximum absolute atomic E-state index is 5.78. The molecule has 0 amide bonds. The lowest BCUT2D eigenvalue weighted by Gasteiger charge is -2.22. The van der Waals surface area contributed by atoms with Gasteiger partial charge < -0.3 is 4.90 Å². The van der Waals surface area contributed by atoms with Crippen LogP contribution in [0.3, 0.4) is 0 Å². The van der Waals surface area contributed by atoms with E-state index < -0.39 is 0 Å². The SMILES string of the molecule is CCCCN(CC)c1nc(Cl)ncc1Br. The average Bonchev–Trinajstić information content (AvgIpc) is 2.24.